The van der Waals surface area contributed by atoms with Crippen molar-refractivity contribution in [3.8, 4) is 0 Å². The van der Waals surface area contributed by atoms with E-state index in [1.54, 1.807) is 21.3 Å². The van der Waals surface area contributed by atoms with E-state index in [-0.39, 0.29) is 24.3 Å². The zero-order chi connectivity index (χ0) is 33.3. The number of carboxylic acid groups (broad SMARTS) is 1. The minimum atomic E-state index is -0.918. The first kappa shape index (κ1) is 32.9. The fraction of sp³-hybridized carbons (Fsp3) is 0.462. The number of rotatable bonds is 11. The summed E-state index contributed by atoms with van der Waals surface area (Å²) >= 11 is 0. The van der Waals surface area contributed by atoms with E-state index in [1.165, 1.54) is 49.0 Å². The normalized spacial score (nSPS) is 16.2. The number of hydrogen-bond donors (Lipinski definition) is 1. The Bertz CT molecular complexity index is 1830. The molecule has 3 aliphatic rings. The second kappa shape index (κ2) is 13.6. The van der Waals surface area contributed by atoms with E-state index in [2.05, 4.69) is 53.7 Å². The molecule has 0 atom stereocenters. The summed E-state index contributed by atoms with van der Waals surface area (Å²) in [6.07, 6.45) is 4.07. The number of aliphatic carboxylic acids is 1. The maximum absolute atomic E-state index is 14.0. The third kappa shape index (κ3) is 6.21. The molecule has 3 aromatic carbocycles. The molecule has 2 heterocycles. The van der Waals surface area contributed by atoms with Crippen molar-refractivity contribution in [2.24, 2.45) is 0 Å². The van der Waals surface area contributed by atoms with Crippen molar-refractivity contribution in [3.05, 3.63) is 98.1 Å². The van der Waals surface area contributed by atoms with Gasteiger partial charge < -0.3 is 24.4 Å². The molecule has 1 N–H and O–H groups in total. The van der Waals surface area contributed by atoms with E-state index in [4.69, 9.17) is 9.47 Å². The Morgan fingerprint density at radius 2 is 1.72 bits per heavy atom. The molecule has 8 heteroatoms. The molecule has 0 radical (unpaired) electrons. The minimum absolute atomic E-state index is 0.0990. The number of aryl methyl sites for hydroxylation is 2. The molecule has 0 saturated carbocycles. The molecule has 8 nitrogen and oxygen atoms in total. The molecule has 0 fully saturated rings. The average Bonchev–Trinajstić information content (AvgIpc) is 3.07. The van der Waals surface area contributed by atoms with Gasteiger partial charge >= 0.3 is 5.97 Å². The third-order valence-corrected chi connectivity index (χ3v) is 10.3. The Morgan fingerprint density at radius 1 is 0.957 bits per heavy atom. The van der Waals surface area contributed by atoms with Crippen LogP contribution in [0.3, 0.4) is 0 Å². The number of fused-ring (bicyclic) bond motifs is 4. The third-order valence-electron chi connectivity index (χ3n) is 10.3. The summed E-state index contributed by atoms with van der Waals surface area (Å²) in [4.78, 5) is 29.3. The Kier molecular flexibility index (Phi) is 9.53. The van der Waals surface area contributed by atoms with Gasteiger partial charge in [0.1, 0.15) is 13.2 Å². The van der Waals surface area contributed by atoms with Gasteiger partial charge in [0.15, 0.2) is 6.54 Å². The number of carbonyl (C=O) groups is 2. The lowest BCUT2D eigenvalue weighted by Gasteiger charge is -2.39. The van der Waals surface area contributed by atoms with Crippen molar-refractivity contribution in [2.45, 2.75) is 51.4 Å². The second-order valence-electron chi connectivity index (χ2n) is 13.6. The van der Waals surface area contributed by atoms with Gasteiger partial charge in [-0.15, -0.1) is 0 Å². The van der Waals surface area contributed by atoms with Gasteiger partial charge in [-0.05, 0) is 82.1 Å². The number of methoxy groups -OCH3 is 2. The summed E-state index contributed by atoms with van der Waals surface area (Å²) in [5.74, 6) is -1.09. The van der Waals surface area contributed by atoms with Crippen LogP contribution >= 0.6 is 0 Å². The highest BCUT2D eigenvalue weighted by Gasteiger charge is 2.37. The van der Waals surface area contributed by atoms with Crippen molar-refractivity contribution >= 4 is 23.1 Å². The van der Waals surface area contributed by atoms with Crippen LogP contribution in [0.15, 0.2) is 48.5 Å². The standard InChI is InChI=1S/C39H47N3O5/c1-39(2)32-24-34-26(10-8-15-41(34)18-20-46-4)22-30(32)37(28-12-6-7-13-29(28)38(45)40(3)17-14-36(43)44)31-23-27-11-9-16-42(19-21-47-5)35(27)25-33(31)39/h6-7,12-13,22-25H,8-11,14-21H2,1-5H3/p+1. The number of amides is 1. The number of hydrogen-bond acceptors (Lipinski definition) is 5. The number of benzene rings is 3. The van der Waals surface area contributed by atoms with Gasteiger partial charge in [0.2, 0.25) is 5.36 Å². The van der Waals surface area contributed by atoms with Crippen LogP contribution in [0, 0.1) is 0 Å². The Morgan fingerprint density at radius 3 is 2.49 bits per heavy atom. The van der Waals surface area contributed by atoms with Crippen LogP contribution in [-0.4, -0.2) is 89.1 Å². The van der Waals surface area contributed by atoms with Crippen LogP contribution in [0.5, 0.6) is 0 Å². The summed E-state index contributed by atoms with van der Waals surface area (Å²) in [7, 11) is 5.20. The molecule has 0 unspecified atom stereocenters. The first-order valence-corrected chi connectivity index (χ1v) is 16.9. The molecule has 1 aliphatic carbocycles. The highest BCUT2D eigenvalue weighted by Crippen LogP contribution is 2.44. The van der Waals surface area contributed by atoms with E-state index in [0.717, 1.165) is 63.0 Å². The molecule has 3 aromatic rings. The number of carbonyl (C=O) groups excluding carboxylic acids is 1. The molecule has 1 amide bonds. The lowest BCUT2D eigenvalue weighted by atomic mass is 9.67. The first-order valence-electron chi connectivity index (χ1n) is 16.9. The second-order valence-corrected chi connectivity index (χ2v) is 13.6. The Hall–Kier alpha value is -4.01. The number of ether oxygens (including phenoxy) is 2. The van der Waals surface area contributed by atoms with Crippen LogP contribution < -0.4 is 20.1 Å². The lowest BCUT2D eigenvalue weighted by molar-refractivity contribution is -0.137. The largest absolute Gasteiger partial charge is 0.481 e. The number of nitrogens with zero attached hydrogens (tertiary/aromatic N) is 3. The van der Waals surface area contributed by atoms with Crippen LogP contribution in [0.2, 0.25) is 0 Å². The van der Waals surface area contributed by atoms with Gasteiger partial charge in [-0.2, -0.15) is 0 Å². The molecular weight excluding hydrogens is 590 g/mol. The minimum Gasteiger partial charge on any atom is -0.481 e. The highest BCUT2D eigenvalue weighted by molar-refractivity contribution is 6.02. The van der Waals surface area contributed by atoms with Crippen LogP contribution in [-0.2, 0) is 32.5 Å². The zero-order valence-corrected chi connectivity index (χ0v) is 28.5. The van der Waals surface area contributed by atoms with Crippen molar-refractivity contribution in [3.63, 3.8) is 0 Å². The van der Waals surface area contributed by atoms with Crippen molar-refractivity contribution < 1.29 is 24.2 Å². The molecule has 6 rings (SSSR count). The van der Waals surface area contributed by atoms with Crippen molar-refractivity contribution in [2.75, 3.05) is 72.1 Å². The van der Waals surface area contributed by atoms with Gasteiger partial charge in [0.05, 0.1) is 13.0 Å². The van der Waals surface area contributed by atoms with E-state index >= 15 is 0 Å². The average molecular weight is 639 g/mol. The lowest BCUT2D eigenvalue weighted by Crippen LogP contribution is -2.44. The summed E-state index contributed by atoms with van der Waals surface area (Å²) in [6, 6.07) is 17.5. The van der Waals surface area contributed by atoms with Crippen LogP contribution in [0.4, 0.5) is 5.69 Å². The molecule has 0 saturated heterocycles. The van der Waals surface area contributed by atoms with E-state index in [9.17, 15) is 14.7 Å². The van der Waals surface area contributed by atoms with Gasteiger partial charge in [-0.3, -0.25) is 9.59 Å². The van der Waals surface area contributed by atoms with Crippen molar-refractivity contribution in [1.82, 2.24) is 9.48 Å². The van der Waals surface area contributed by atoms with Crippen LogP contribution in [0.25, 0.3) is 5.57 Å². The van der Waals surface area contributed by atoms with Crippen LogP contribution in [0.1, 0.15) is 76.8 Å². The maximum Gasteiger partial charge on any atom is 0.305 e. The maximum atomic E-state index is 14.0. The Balaban J connectivity index is 1.65. The number of carboxylic acids is 1. The zero-order valence-electron chi connectivity index (χ0n) is 28.5. The fourth-order valence-corrected chi connectivity index (χ4v) is 7.77. The van der Waals surface area contributed by atoms with Gasteiger partial charge in [-0.25, -0.2) is 4.58 Å². The molecule has 0 aromatic heterocycles. The smallest absolute Gasteiger partial charge is 0.305 e. The van der Waals surface area contributed by atoms with E-state index in [0.29, 0.717) is 18.8 Å². The summed E-state index contributed by atoms with van der Waals surface area (Å²) in [5, 5.41) is 11.8. The topological polar surface area (TPSA) is 82.3 Å². The predicted octanol–water partition coefficient (Wildman–Crippen LogP) is 3.60. The molecule has 0 spiro atoms. The first-order chi connectivity index (χ1) is 22.6. The molecule has 47 heavy (non-hydrogen) atoms. The number of anilines is 1. The Labute approximate surface area is 277 Å². The molecule has 0 bridgehead atoms. The summed E-state index contributed by atoms with van der Waals surface area (Å²) in [6.45, 7) is 9.87. The van der Waals surface area contributed by atoms with Gasteiger partial charge in [0, 0.05) is 75.6 Å². The van der Waals surface area contributed by atoms with Crippen molar-refractivity contribution in [1.29, 1.82) is 0 Å². The van der Waals surface area contributed by atoms with E-state index in [1.807, 2.05) is 18.2 Å². The predicted molar refractivity (Wildman–Crippen MR) is 185 cm³/mol. The SMILES string of the molecule is COCCN1CCCc2cc3c(cc21)C(C)(C)c1cc2c(cc1=C3c1ccccc1C(=O)N(C)CCC(=O)O)CCC[N+]=2CCOC. The molecular formula is C39H48N3O5+. The highest BCUT2D eigenvalue weighted by atomic mass is 16.5. The molecule has 2 aliphatic heterocycles. The van der Waals surface area contributed by atoms with Gasteiger partial charge in [0.25, 0.3) is 5.91 Å². The summed E-state index contributed by atoms with van der Waals surface area (Å²) in [5.41, 5.74) is 9.87. The van der Waals surface area contributed by atoms with Gasteiger partial charge in [-0.1, -0.05) is 32.0 Å². The summed E-state index contributed by atoms with van der Waals surface area (Å²) < 4.78 is 13.4. The monoisotopic (exact) mass is 638 g/mol. The fourth-order valence-electron chi connectivity index (χ4n) is 7.77. The van der Waals surface area contributed by atoms with E-state index < -0.39 is 5.97 Å². The molecule has 248 valence electrons. The quantitative estimate of drug-likeness (QED) is 0.324.